The van der Waals surface area contributed by atoms with Gasteiger partial charge in [0.2, 0.25) is 0 Å². The molecule has 3 rings (SSSR count). The fourth-order valence-corrected chi connectivity index (χ4v) is 3.76. The number of rotatable bonds is 4. The molecule has 138 valence electrons. The molecule has 1 aromatic heterocycles. The minimum absolute atomic E-state index is 0.00644. The highest BCUT2D eigenvalue weighted by Gasteiger charge is 2.31. The first-order valence-electron chi connectivity index (χ1n) is 8.72. The third-order valence-electron chi connectivity index (χ3n) is 4.46. The van der Waals surface area contributed by atoms with Crippen molar-refractivity contribution in [2.24, 2.45) is 0 Å². The zero-order valence-corrected chi connectivity index (χ0v) is 16.4. The van der Waals surface area contributed by atoms with Crippen molar-refractivity contribution < 1.29 is 9.53 Å². The molecule has 0 saturated carbocycles. The van der Waals surface area contributed by atoms with E-state index in [1.807, 2.05) is 13.0 Å². The smallest absolute Gasteiger partial charge is 0.255 e. The van der Waals surface area contributed by atoms with Crippen LogP contribution in [0.3, 0.4) is 0 Å². The first-order chi connectivity index (χ1) is 12.3. The molecule has 1 aliphatic rings. The lowest BCUT2D eigenvalue weighted by molar-refractivity contribution is 0.102. The fourth-order valence-electron chi connectivity index (χ4n) is 3.52. The first-order valence-corrected chi connectivity index (χ1v) is 9.09. The molecule has 0 saturated heterocycles. The summed E-state index contributed by atoms with van der Waals surface area (Å²) in [4.78, 5) is 19.4. The molecule has 1 aliphatic heterocycles. The number of nitrogens with zero attached hydrogens (tertiary/aromatic N) is 2. The molecule has 0 unspecified atom stereocenters. The Morgan fingerprint density at radius 2 is 2.15 bits per heavy atom. The van der Waals surface area contributed by atoms with Crippen LogP contribution in [0, 0.1) is 0 Å². The van der Waals surface area contributed by atoms with Crippen LogP contribution in [0.2, 0.25) is 5.02 Å². The van der Waals surface area contributed by atoms with Crippen LogP contribution >= 0.6 is 11.6 Å². The Morgan fingerprint density at radius 3 is 2.85 bits per heavy atom. The van der Waals surface area contributed by atoms with Crippen molar-refractivity contribution >= 4 is 23.2 Å². The maximum absolute atomic E-state index is 12.5. The number of ether oxygens (including phenoxy) is 1. The summed E-state index contributed by atoms with van der Waals surface area (Å²) < 4.78 is 5.40. The summed E-state index contributed by atoms with van der Waals surface area (Å²) in [5, 5.41) is 3.33. The van der Waals surface area contributed by atoms with Crippen LogP contribution in [0.4, 0.5) is 5.69 Å². The topological polar surface area (TPSA) is 54.5 Å². The standard InChI is InChI=1S/C20H24ClN3O2/c1-5-26-17-7-6-13(9-16(17)21)19(25)23-15-8-14-11-24(4)12-20(2,3)18(14)22-10-15/h6-10H,5,11-12H2,1-4H3,(H,23,25). The molecule has 2 aromatic rings. The number of pyridine rings is 1. The van der Waals surface area contributed by atoms with Gasteiger partial charge in [-0.05, 0) is 43.8 Å². The van der Waals surface area contributed by atoms with Crippen molar-refractivity contribution in [1.29, 1.82) is 0 Å². The largest absolute Gasteiger partial charge is 0.492 e. The molecule has 1 N–H and O–H groups in total. The number of amides is 1. The minimum Gasteiger partial charge on any atom is -0.492 e. The van der Waals surface area contributed by atoms with Crippen molar-refractivity contribution in [3.05, 3.63) is 52.3 Å². The van der Waals surface area contributed by atoms with Crippen LogP contribution in [0.5, 0.6) is 5.75 Å². The monoisotopic (exact) mass is 373 g/mol. The van der Waals surface area contributed by atoms with E-state index < -0.39 is 0 Å². The number of halogens is 1. The van der Waals surface area contributed by atoms with Crippen LogP contribution < -0.4 is 10.1 Å². The second-order valence-corrected chi connectivity index (χ2v) is 7.73. The third-order valence-corrected chi connectivity index (χ3v) is 4.76. The molecular formula is C20H24ClN3O2. The summed E-state index contributed by atoms with van der Waals surface area (Å²) >= 11 is 6.17. The number of nitrogens with one attached hydrogen (secondary N) is 1. The van der Waals surface area contributed by atoms with Crippen LogP contribution in [-0.2, 0) is 12.0 Å². The van der Waals surface area contributed by atoms with Gasteiger partial charge in [0.25, 0.3) is 5.91 Å². The number of carbonyl (C=O) groups is 1. The van der Waals surface area contributed by atoms with Gasteiger partial charge in [-0.3, -0.25) is 9.78 Å². The summed E-state index contributed by atoms with van der Waals surface area (Å²) in [7, 11) is 2.10. The maximum Gasteiger partial charge on any atom is 0.255 e. The molecule has 26 heavy (non-hydrogen) atoms. The molecule has 1 amide bonds. The number of hydrogen-bond donors (Lipinski definition) is 1. The van der Waals surface area contributed by atoms with Gasteiger partial charge < -0.3 is 15.0 Å². The average molecular weight is 374 g/mol. The van der Waals surface area contributed by atoms with Gasteiger partial charge in [-0.1, -0.05) is 25.4 Å². The highest BCUT2D eigenvalue weighted by molar-refractivity contribution is 6.32. The van der Waals surface area contributed by atoms with Gasteiger partial charge in [-0.2, -0.15) is 0 Å². The van der Waals surface area contributed by atoms with E-state index in [9.17, 15) is 4.79 Å². The lowest BCUT2D eigenvalue weighted by Crippen LogP contribution is -2.40. The van der Waals surface area contributed by atoms with Gasteiger partial charge in [0, 0.05) is 24.1 Å². The summed E-state index contributed by atoms with van der Waals surface area (Å²) in [6.07, 6.45) is 1.72. The molecule has 0 bridgehead atoms. The van der Waals surface area contributed by atoms with Gasteiger partial charge >= 0.3 is 0 Å². The van der Waals surface area contributed by atoms with Crippen molar-refractivity contribution in [3.8, 4) is 5.75 Å². The van der Waals surface area contributed by atoms with Crippen LogP contribution in [0.15, 0.2) is 30.5 Å². The maximum atomic E-state index is 12.5. The Kier molecular flexibility index (Phi) is 5.21. The SMILES string of the molecule is CCOc1ccc(C(=O)Nc2cnc3c(c2)CN(C)CC3(C)C)cc1Cl. The number of carbonyl (C=O) groups excluding carboxylic acids is 1. The number of fused-ring (bicyclic) bond motifs is 1. The summed E-state index contributed by atoms with van der Waals surface area (Å²) in [5.41, 5.74) is 3.40. The molecule has 2 heterocycles. The van der Waals surface area contributed by atoms with Crippen LogP contribution in [0.25, 0.3) is 0 Å². The normalized spacial score (nSPS) is 16.0. The molecule has 0 fully saturated rings. The van der Waals surface area contributed by atoms with Gasteiger partial charge in [-0.25, -0.2) is 0 Å². The van der Waals surface area contributed by atoms with Crippen molar-refractivity contribution in [2.45, 2.75) is 32.7 Å². The van der Waals surface area contributed by atoms with Crippen molar-refractivity contribution in [2.75, 3.05) is 25.5 Å². The number of benzene rings is 1. The summed E-state index contributed by atoms with van der Waals surface area (Å²) in [6, 6.07) is 7.04. The number of hydrogen-bond acceptors (Lipinski definition) is 4. The highest BCUT2D eigenvalue weighted by Crippen LogP contribution is 2.32. The molecular weight excluding hydrogens is 350 g/mol. The number of likely N-dealkylation sites (N-methyl/N-ethyl adjacent to an activating group) is 1. The van der Waals surface area contributed by atoms with E-state index in [4.69, 9.17) is 16.3 Å². The Balaban J connectivity index is 1.80. The van der Waals surface area contributed by atoms with E-state index in [1.165, 1.54) is 0 Å². The van der Waals surface area contributed by atoms with E-state index in [1.54, 1.807) is 24.4 Å². The van der Waals surface area contributed by atoms with E-state index in [2.05, 4.69) is 36.1 Å². The predicted octanol–water partition coefficient (Wildman–Crippen LogP) is 4.11. The van der Waals surface area contributed by atoms with Crippen molar-refractivity contribution in [3.63, 3.8) is 0 Å². The van der Waals surface area contributed by atoms with E-state index in [0.29, 0.717) is 28.6 Å². The molecule has 0 spiro atoms. The first kappa shape index (κ1) is 18.7. The zero-order chi connectivity index (χ0) is 18.9. The Bertz CT molecular complexity index is 836. The minimum atomic E-state index is -0.222. The number of aromatic nitrogens is 1. The molecule has 1 aromatic carbocycles. The van der Waals surface area contributed by atoms with Gasteiger partial charge in [0.15, 0.2) is 0 Å². The second kappa shape index (κ2) is 7.25. The fraction of sp³-hybridized carbons (Fsp3) is 0.400. The van der Waals surface area contributed by atoms with E-state index in [0.717, 1.165) is 24.3 Å². The van der Waals surface area contributed by atoms with Crippen LogP contribution in [0.1, 0.15) is 42.4 Å². The van der Waals surface area contributed by atoms with Gasteiger partial charge in [-0.15, -0.1) is 0 Å². The number of anilines is 1. The Hall–Kier alpha value is -2.11. The highest BCUT2D eigenvalue weighted by atomic mass is 35.5. The average Bonchev–Trinajstić information content (AvgIpc) is 2.55. The quantitative estimate of drug-likeness (QED) is 0.876. The van der Waals surface area contributed by atoms with E-state index in [-0.39, 0.29) is 11.3 Å². The molecule has 0 radical (unpaired) electrons. The van der Waals surface area contributed by atoms with Crippen LogP contribution in [-0.4, -0.2) is 36.0 Å². The molecule has 0 aliphatic carbocycles. The third kappa shape index (κ3) is 3.84. The van der Waals surface area contributed by atoms with Gasteiger partial charge in [0.05, 0.1) is 29.2 Å². The predicted molar refractivity (Wildman–Crippen MR) is 104 cm³/mol. The Labute approximate surface area is 159 Å². The van der Waals surface area contributed by atoms with E-state index >= 15 is 0 Å². The van der Waals surface area contributed by atoms with Crippen molar-refractivity contribution in [1.82, 2.24) is 9.88 Å². The lowest BCUT2D eigenvalue weighted by Gasteiger charge is -2.37. The Morgan fingerprint density at radius 1 is 1.38 bits per heavy atom. The summed E-state index contributed by atoms with van der Waals surface area (Å²) in [5.74, 6) is 0.353. The summed E-state index contributed by atoms with van der Waals surface area (Å²) in [6.45, 7) is 8.58. The van der Waals surface area contributed by atoms with Gasteiger partial charge in [0.1, 0.15) is 5.75 Å². The molecule has 0 atom stereocenters. The molecule has 6 heteroatoms. The molecule has 5 nitrogen and oxygen atoms in total. The second-order valence-electron chi connectivity index (χ2n) is 7.32. The lowest BCUT2D eigenvalue weighted by atomic mass is 9.82. The zero-order valence-electron chi connectivity index (χ0n) is 15.6.